The molecule has 8 rings (SSSR count). The maximum Gasteiger partial charge on any atom is 0.311 e. The van der Waals surface area contributed by atoms with E-state index in [0.717, 1.165) is 34.2 Å². The molecule has 0 radical (unpaired) electrons. The van der Waals surface area contributed by atoms with Gasteiger partial charge in [0.1, 0.15) is 11.4 Å². The minimum atomic E-state index is -0.886. The zero-order valence-electron chi connectivity index (χ0n) is 36.2. The van der Waals surface area contributed by atoms with Crippen LogP contribution in [0.2, 0.25) is 0 Å². The lowest BCUT2D eigenvalue weighted by Gasteiger charge is -2.20. The molecular formula is C48H53BrN8O6. The number of nitrogens with zero attached hydrogens (tertiary/aromatic N) is 6. The Kier molecular flexibility index (Phi) is 15.0. The van der Waals surface area contributed by atoms with E-state index in [0.29, 0.717) is 65.0 Å². The molecule has 14 nitrogen and oxygen atoms in total. The van der Waals surface area contributed by atoms with Crippen LogP contribution in [0.25, 0.3) is 21.8 Å². The number of benzene rings is 4. The van der Waals surface area contributed by atoms with Crippen LogP contribution in [0.5, 0.6) is 0 Å². The summed E-state index contributed by atoms with van der Waals surface area (Å²) >= 11 is 3.37. The van der Waals surface area contributed by atoms with Crippen molar-refractivity contribution in [2.45, 2.75) is 90.8 Å². The zero-order valence-corrected chi connectivity index (χ0v) is 37.8. The molecule has 3 atom stereocenters. The second-order valence-corrected chi connectivity index (χ2v) is 17.3. The predicted octanol–water partition coefficient (Wildman–Crippen LogP) is 8.24. The Balaban J connectivity index is 0.000000190. The van der Waals surface area contributed by atoms with Crippen molar-refractivity contribution < 1.29 is 29.0 Å². The van der Waals surface area contributed by atoms with Gasteiger partial charge < -0.3 is 31.1 Å². The second-order valence-electron chi connectivity index (χ2n) is 15.7. The molecule has 0 saturated carbocycles. The van der Waals surface area contributed by atoms with Gasteiger partial charge in [0.05, 0.1) is 30.0 Å². The highest BCUT2D eigenvalue weighted by Gasteiger charge is 2.30. The van der Waals surface area contributed by atoms with Crippen molar-refractivity contribution in [2.75, 3.05) is 18.1 Å². The van der Waals surface area contributed by atoms with Crippen LogP contribution >= 0.6 is 15.9 Å². The van der Waals surface area contributed by atoms with Gasteiger partial charge in [-0.1, -0.05) is 111 Å². The fraction of sp³-hybridized carbons (Fsp3) is 0.333. The molecule has 6 aromatic rings. The smallest absolute Gasteiger partial charge is 0.311 e. The van der Waals surface area contributed by atoms with E-state index in [1.54, 1.807) is 53.1 Å². The topological polar surface area (TPSA) is 208 Å². The number of carboxylic acid groups (broad SMARTS) is 1. The molecule has 2 aliphatic heterocycles. The van der Waals surface area contributed by atoms with E-state index in [1.165, 1.54) is 6.42 Å². The molecule has 0 fully saturated rings. The Morgan fingerprint density at radius 1 is 0.683 bits per heavy atom. The summed E-state index contributed by atoms with van der Waals surface area (Å²) in [6.45, 7) is 12.3. The van der Waals surface area contributed by atoms with Gasteiger partial charge in [0.25, 0.3) is 11.8 Å². The first-order valence-corrected chi connectivity index (χ1v) is 22.0. The number of rotatable bonds is 10. The second kappa shape index (κ2) is 20.6. The summed E-state index contributed by atoms with van der Waals surface area (Å²) in [5.74, 6) is -2.30. The molecular weight excluding hydrogens is 864 g/mol. The van der Waals surface area contributed by atoms with Gasteiger partial charge in [-0.15, -0.1) is 0 Å². The lowest BCUT2D eigenvalue weighted by Crippen LogP contribution is -2.27. The third kappa shape index (κ3) is 10.9. The van der Waals surface area contributed by atoms with Gasteiger partial charge in [0.2, 0.25) is 11.9 Å². The lowest BCUT2D eigenvalue weighted by molar-refractivity contribution is -0.142. The fourth-order valence-electron chi connectivity index (χ4n) is 7.57. The Labute approximate surface area is 375 Å². The van der Waals surface area contributed by atoms with Crippen LogP contribution in [-0.4, -0.2) is 70.0 Å². The van der Waals surface area contributed by atoms with Crippen LogP contribution in [0.1, 0.15) is 108 Å². The number of anilines is 2. The molecule has 5 N–H and O–H groups in total. The number of fused-ring (bicyclic) bond motifs is 4. The van der Waals surface area contributed by atoms with Crippen LogP contribution in [-0.2, 0) is 46.9 Å². The van der Waals surface area contributed by atoms with Gasteiger partial charge in [-0.3, -0.25) is 19.2 Å². The Hall–Kier alpha value is -6.48. The summed E-state index contributed by atoms with van der Waals surface area (Å²) in [6.07, 6.45) is 2.07. The zero-order chi connectivity index (χ0) is 45.4. The van der Waals surface area contributed by atoms with Gasteiger partial charge in [-0.25, -0.2) is 19.9 Å². The standard InChI is InChI=1S/C23H24N4O3.C21H20N4O3.C4H9Br/c1-3-13(2)19(22(29)30)14-8-9-18-17(10-14)20(26-23(24)25-18)21(28)27-11-15-6-4-5-7-16(15)12-27;1-2-28-18(26)10-13-7-8-17-16(9-13)19(24-21(22)23-17)20(27)25-11-14-5-3-4-6-15(14)12-25;1-3-4(2)5/h4-10,13,19H,3,11-12H2,1-2H3,(H,29,30)(H2,24,25,26);3-9H,2,10-12H2,1H3,(H2,22,23,24);4H,3H2,1-2H3. The van der Waals surface area contributed by atoms with Crippen molar-refractivity contribution in [3.8, 4) is 0 Å². The first-order chi connectivity index (χ1) is 30.2. The maximum atomic E-state index is 13.4. The number of ether oxygens (including phenoxy) is 1. The average Bonchev–Trinajstić information content (AvgIpc) is 3.91. The van der Waals surface area contributed by atoms with Crippen molar-refractivity contribution in [1.29, 1.82) is 0 Å². The molecule has 2 aromatic heterocycles. The predicted molar refractivity (Wildman–Crippen MR) is 247 cm³/mol. The monoisotopic (exact) mass is 916 g/mol. The number of nitrogen functional groups attached to an aromatic ring is 2. The third-order valence-electron chi connectivity index (χ3n) is 11.2. The molecule has 4 aromatic carbocycles. The normalized spacial score (nSPS) is 14.1. The van der Waals surface area contributed by atoms with Crippen LogP contribution in [0.3, 0.4) is 0 Å². The summed E-state index contributed by atoms with van der Waals surface area (Å²) < 4.78 is 5.01. The Morgan fingerprint density at radius 2 is 1.13 bits per heavy atom. The number of hydrogen-bond donors (Lipinski definition) is 3. The van der Waals surface area contributed by atoms with Crippen LogP contribution in [0.4, 0.5) is 11.9 Å². The lowest BCUT2D eigenvalue weighted by atomic mass is 9.85. The van der Waals surface area contributed by atoms with E-state index in [1.807, 2.05) is 62.4 Å². The molecule has 0 bridgehead atoms. The summed E-state index contributed by atoms with van der Waals surface area (Å²) in [7, 11) is 0. The highest BCUT2D eigenvalue weighted by Crippen LogP contribution is 2.32. The van der Waals surface area contributed by atoms with Crippen LogP contribution < -0.4 is 11.5 Å². The number of aromatic nitrogens is 4. The quantitative estimate of drug-likeness (QED) is 0.0877. The van der Waals surface area contributed by atoms with E-state index in [-0.39, 0.29) is 53.4 Å². The van der Waals surface area contributed by atoms with E-state index < -0.39 is 11.9 Å². The molecule has 2 amide bonds. The number of hydrogen-bond acceptors (Lipinski definition) is 11. The van der Waals surface area contributed by atoms with Crippen molar-refractivity contribution in [3.63, 3.8) is 0 Å². The molecule has 3 unspecified atom stereocenters. The number of aliphatic carboxylic acids is 1. The summed E-state index contributed by atoms with van der Waals surface area (Å²) in [6, 6.07) is 26.4. The van der Waals surface area contributed by atoms with Crippen LogP contribution in [0.15, 0.2) is 84.9 Å². The molecule has 2 aliphatic rings. The molecule has 0 saturated heterocycles. The van der Waals surface area contributed by atoms with Gasteiger partial charge in [-0.2, -0.15) is 0 Å². The highest BCUT2D eigenvalue weighted by atomic mass is 79.9. The Bertz CT molecular complexity index is 2610. The van der Waals surface area contributed by atoms with E-state index in [2.05, 4.69) is 49.7 Å². The first kappa shape index (κ1) is 46.0. The van der Waals surface area contributed by atoms with E-state index in [9.17, 15) is 24.3 Å². The number of halogens is 1. The van der Waals surface area contributed by atoms with E-state index in [4.69, 9.17) is 16.2 Å². The molecule has 4 heterocycles. The van der Waals surface area contributed by atoms with Gasteiger partial charge in [0, 0.05) is 41.8 Å². The molecule has 0 spiro atoms. The molecule has 15 heteroatoms. The number of nitrogens with two attached hydrogens (primary N) is 2. The number of esters is 1. The third-order valence-corrected chi connectivity index (χ3v) is 11.9. The van der Waals surface area contributed by atoms with E-state index >= 15 is 0 Å². The number of carbonyl (C=O) groups excluding carboxylic acids is 3. The molecule has 328 valence electrons. The van der Waals surface area contributed by atoms with Gasteiger partial charge in [0.15, 0.2) is 0 Å². The number of carboxylic acids is 1. The average molecular weight is 918 g/mol. The van der Waals surface area contributed by atoms with Crippen LogP contribution in [0, 0.1) is 5.92 Å². The van der Waals surface area contributed by atoms with Crippen molar-refractivity contribution in [3.05, 3.63) is 130 Å². The SMILES string of the molecule is CCC(C)Br.CCC(C)C(C(=O)O)c1ccc2nc(N)nc(C(=O)N3Cc4ccccc4C3)c2c1.CCOC(=O)Cc1ccc2nc(N)nc(C(=O)N3Cc4ccccc4C3)c2c1. The molecule has 0 aliphatic carbocycles. The number of amides is 2. The Morgan fingerprint density at radius 3 is 1.54 bits per heavy atom. The number of carbonyl (C=O) groups is 4. The highest BCUT2D eigenvalue weighted by molar-refractivity contribution is 9.09. The minimum Gasteiger partial charge on any atom is -0.481 e. The first-order valence-electron chi connectivity index (χ1n) is 21.1. The largest absolute Gasteiger partial charge is 0.481 e. The minimum absolute atomic E-state index is 0.0204. The van der Waals surface area contributed by atoms with Crippen molar-refractivity contribution >= 4 is 73.4 Å². The summed E-state index contributed by atoms with van der Waals surface area (Å²) in [5.41, 5.74) is 19.1. The fourth-order valence-corrected chi connectivity index (χ4v) is 7.57. The summed E-state index contributed by atoms with van der Waals surface area (Å²) in [4.78, 5) is 71.4. The van der Waals surface area contributed by atoms with Gasteiger partial charge in [-0.05, 0) is 76.9 Å². The van der Waals surface area contributed by atoms with Crippen molar-refractivity contribution in [1.82, 2.24) is 29.7 Å². The number of alkyl halides is 1. The summed E-state index contributed by atoms with van der Waals surface area (Å²) in [5, 5.41) is 10.9. The molecule has 63 heavy (non-hydrogen) atoms. The maximum absolute atomic E-state index is 13.4. The van der Waals surface area contributed by atoms with Gasteiger partial charge >= 0.3 is 11.9 Å². The van der Waals surface area contributed by atoms with Crippen molar-refractivity contribution in [2.24, 2.45) is 5.92 Å².